The number of aliphatic hydroxyl groups is 1. The SMILES string of the molecule is CCNC(C)C(C)(O)CC. The first-order valence-corrected chi connectivity index (χ1v) is 4.00. The molecule has 0 aromatic carbocycles. The van der Waals surface area contributed by atoms with Crippen molar-refractivity contribution >= 4 is 0 Å². The van der Waals surface area contributed by atoms with Gasteiger partial charge in [-0.1, -0.05) is 13.8 Å². The first-order chi connectivity index (χ1) is 4.54. The van der Waals surface area contributed by atoms with Gasteiger partial charge in [0.25, 0.3) is 0 Å². The molecule has 0 radical (unpaired) electrons. The van der Waals surface area contributed by atoms with Gasteiger partial charge in [-0.15, -0.1) is 0 Å². The van der Waals surface area contributed by atoms with Crippen LogP contribution < -0.4 is 5.32 Å². The second-order valence-corrected chi connectivity index (χ2v) is 2.99. The first kappa shape index (κ1) is 9.92. The van der Waals surface area contributed by atoms with E-state index in [0.717, 1.165) is 13.0 Å². The second-order valence-electron chi connectivity index (χ2n) is 2.99. The quantitative estimate of drug-likeness (QED) is 0.622. The van der Waals surface area contributed by atoms with Gasteiger partial charge in [0, 0.05) is 6.04 Å². The first-order valence-electron chi connectivity index (χ1n) is 4.00. The van der Waals surface area contributed by atoms with E-state index in [-0.39, 0.29) is 6.04 Å². The van der Waals surface area contributed by atoms with Crippen LogP contribution in [0.2, 0.25) is 0 Å². The lowest BCUT2D eigenvalue weighted by molar-refractivity contribution is 0.0225. The van der Waals surface area contributed by atoms with Crippen LogP contribution in [0, 0.1) is 0 Å². The molecule has 0 aliphatic rings. The molecule has 0 saturated carbocycles. The van der Waals surface area contributed by atoms with Crippen molar-refractivity contribution in [3.63, 3.8) is 0 Å². The number of hydrogen-bond donors (Lipinski definition) is 2. The van der Waals surface area contributed by atoms with Crippen LogP contribution in [0.1, 0.15) is 34.1 Å². The molecule has 0 spiro atoms. The van der Waals surface area contributed by atoms with E-state index in [4.69, 9.17) is 0 Å². The van der Waals surface area contributed by atoms with Crippen molar-refractivity contribution in [3.8, 4) is 0 Å². The Balaban J connectivity index is 3.78. The summed E-state index contributed by atoms with van der Waals surface area (Å²) in [6, 6.07) is 0.183. The van der Waals surface area contributed by atoms with Crippen LogP contribution in [0.15, 0.2) is 0 Å². The summed E-state index contributed by atoms with van der Waals surface area (Å²) in [4.78, 5) is 0. The van der Waals surface area contributed by atoms with Crippen LogP contribution in [-0.2, 0) is 0 Å². The Bertz CT molecular complexity index is 91.3. The summed E-state index contributed by atoms with van der Waals surface area (Å²) in [5, 5.41) is 12.8. The molecule has 0 heterocycles. The molecule has 62 valence electrons. The van der Waals surface area contributed by atoms with Gasteiger partial charge in [-0.05, 0) is 26.8 Å². The Hall–Kier alpha value is -0.0800. The average molecular weight is 145 g/mol. The largest absolute Gasteiger partial charge is 0.389 e. The van der Waals surface area contributed by atoms with E-state index in [1.54, 1.807) is 0 Å². The Labute approximate surface area is 63.6 Å². The smallest absolute Gasteiger partial charge is 0.0766 e. The molecule has 2 atom stereocenters. The molecule has 0 aliphatic carbocycles. The van der Waals surface area contributed by atoms with E-state index in [9.17, 15) is 5.11 Å². The highest BCUT2D eigenvalue weighted by Crippen LogP contribution is 2.12. The van der Waals surface area contributed by atoms with Gasteiger partial charge >= 0.3 is 0 Å². The molecule has 2 nitrogen and oxygen atoms in total. The zero-order valence-corrected chi connectivity index (χ0v) is 7.44. The van der Waals surface area contributed by atoms with Crippen molar-refractivity contribution in [2.24, 2.45) is 0 Å². The summed E-state index contributed by atoms with van der Waals surface area (Å²) >= 11 is 0. The molecular weight excluding hydrogens is 126 g/mol. The summed E-state index contributed by atoms with van der Waals surface area (Å²) < 4.78 is 0. The minimum absolute atomic E-state index is 0.183. The Morgan fingerprint density at radius 3 is 2.30 bits per heavy atom. The molecule has 2 N–H and O–H groups in total. The lowest BCUT2D eigenvalue weighted by atomic mass is 9.95. The maximum atomic E-state index is 9.66. The van der Waals surface area contributed by atoms with E-state index in [0.29, 0.717) is 0 Å². The fraction of sp³-hybridized carbons (Fsp3) is 1.00. The zero-order valence-electron chi connectivity index (χ0n) is 7.44. The van der Waals surface area contributed by atoms with Gasteiger partial charge in [0.15, 0.2) is 0 Å². The summed E-state index contributed by atoms with van der Waals surface area (Å²) in [5.74, 6) is 0. The van der Waals surface area contributed by atoms with Crippen molar-refractivity contribution in [1.29, 1.82) is 0 Å². The van der Waals surface area contributed by atoms with E-state index in [2.05, 4.69) is 5.32 Å². The Kier molecular flexibility index (Phi) is 3.91. The number of rotatable bonds is 4. The van der Waals surface area contributed by atoms with Crippen molar-refractivity contribution in [2.75, 3.05) is 6.54 Å². The molecule has 0 aliphatic heterocycles. The minimum Gasteiger partial charge on any atom is -0.389 e. The van der Waals surface area contributed by atoms with E-state index < -0.39 is 5.60 Å². The number of hydrogen-bond acceptors (Lipinski definition) is 2. The maximum Gasteiger partial charge on any atom is 0.0766 e. The van der Waals surface area contributed by atoms with Crippen LogP contribution >= 0.6 is 0 Å². The van der Waals surface area contributed by atoms with Crippen molar-refractivity contribution in [1.82, 2.24) is 5.32 Å². The standard InChI is InChI=1S/C8H19NO/c1-5-8(4,10)7(3)9-6-2/h7,9-10H,5-6H2,1-4H3. The van der Waals surface area contributed by atoms with Gasteiger partial charge in [0.2, 0.25) is 0 Å². The molecule has 0 aromatic heterocycles. The third kappa shape index (κ3) is 2.67. The van der Waals surface area contributed by atoms with Crippen molar-refractivity contribution in [3.05, 3.63) is 0 Å². The van der Waals surface area contributed by atoms with Crippen LogP contribution in [0.4, 0.5) is 0 Å². The maximum absolute atomic E-state index is 9.66. The van der Waals surface area contributed by atoms with E-state index in [1.807, 2.05) is 27.7 Å². The van der Waals surface area contributed by atoms with Crippen LogP contribution in [0.3, 0.4) is 0 Å². The molecule has 10 heavy (non-hydrogen) atoms. The zero-order chi connectivity index (χ0) is 8.20. The van der Waals surface area contributed by atoms with Crippen LogP contribution in [-0.4, -0.2) is 23.3 Å². The van der Waals surface area contributed by atoms with Crippen LogP contribution in [0.25, 0.3) is 0 Å². The molecule has 0 aromatic rings. The Morgan fingerprint density at radius 1 is 1.50 bits per heavy atom. The monoisotopic (exact) mass is 145 g/mol. The van der Waals surface area contributed by atoms with Gasteiger partial charge in [0.1, 0.15) is 0 Å². The number of likely N-dealkylation sites (N-methyl/N-ethyl adjacent to an activating group) is 1. The molecule has 0 saturated heterocycles. The predicted octanol–water partition coefficient (Wildman–Crippen LogP) is 1.15. The molecule has 0 bridgehead atoms. The fourth-order valence-corrected chi connectivity index (χ4v) is 0.832. The highest BCUT2D eigenvalue weighted by Gasteiger charge is 2.24. The highest BCUT2D eigenvalue weighted by atomic mass is 16.3. The minimum atomic E-state index is -0.560. The van der Waals surface area contributed by atoms with Gasteiger partial charge in [-0.2, -0.15) is 0 Å². The summed E-state index contributed by atoms with van der Waals surface area (Å²) in [6.07, 6.45) is 0.793. The lowest BCUT2D eigenvalue weighted by Crippen LogP contribution is -2.46. The molecular formula is C8H19NO. The van der Waals surface area contributed by atoms with Gasteiger partial charge in [-0.3, -0.25) is 0 Å². The normalized spacial score (nSPS) is 20.1. The molecule has 0 fully saturated rings. The van der Waals surface area contributed by atoms with E-state index in [1.165, 1.54) is 0 Å². The third-order valence-corrected chi connectivity index (χ3v) is 2.16. The van der Waals surface area contributed by atoms with Crippen LogP contribution in [0.5, 0.6) is 0 Å². The predicted molar refractivity (Wildman–Crippen MR) is 44.1 cm³/mol. The summed E-state index contributed by atoms with van der Waals surface area (Å²) in [6.45, 7) is 8.82. The second kappa shape index (κ2) is 3.94. The van der Waals surface area contributed by atoms with Gasteiger partial charge < -0.3 is 10.4 Å². The fourth-order valence-electron chi connectivity index (χ4n) is 0.832. The topological polar surface area (TPSA) is 32.3 Å². The highest BCUT2D eigenvalue weighted by molar-refractivity contribution is 4.82. The lowest BCUT2D eigenvalue weighted by Gasteiger charge is -2.29. The molecule has 2 unspecified atom stereocenters. The summed E-state index contributed by atoms with van der Waals surface area (Å²) in [5.41, 5.74) is -0.560. The third-order valence-electron chi connectivity index (χ3n) is 2.16. The van der Waals surface area contributed by atoms with Gasteiger partial charge in [-0.25, -0.2) is 0 Å². The van der Waals surface area contributed by atoms with E-state index >= 15 is 0 Å². The Morgan fingerprint density at radius 2 is 2.00 bits per heavy atom. The van der Waals surface area contributed by atoms with Gasteiger partial charge in [0.05, 0.1) is 5.60 Å². The van der Waals surface area contributed by atoms with Crippen molar-refractivity contribution < 1.29 is 5.11 Å². The van der Waals surface area contributed by atoms with Crippen molar-refractivity contribution in [2.45, 2.75) is 45.8 Å². The molecule has 2 heteroatoms. The summed E-state index contributed by atoms with van der Waals surface area (Å²) in [7, 11) is 0. The molecule has 0 rings (SSSR count). The average Bonchev–Trinajstić information content (AvgIpc) is 1.89. The number of nitrogens with one attached hydrogen (secondary N) is 1. The molecule has 0 amide bonds.